The Bertz CT molecular complexity index is 47.6. The van der Waals surface area contributed by atoms with Crippen molar-refractivity contribution in [2.45, 2.75) is 0 Å². The van der Waals surface area contributed by atoms with E-state index in [4.69, 9.17) is 0 Å². The summed E-state index contributed by atoms with van der Waals surface area (Å²) in [5, 5.41) is 2.23. The molecule has 1 atom stereocenters. The summed E-state index contributed by atoms with van der Waals surface area (Å²) < 4.78 is 0. The van der Waals surface area contributed by atoms with Crippen LogP contribution < -0.4 is 0 Å². The van der Waals surface area contributed by atoms with Gasteiger partial charge in [0, 0.05) is 0 Å². The fourth-order valence-corrected chi connectivity index (χ4v) is 0. The smallest absolute Gasteiger partial charge is 0.411 e. The fraction of sp³-hybridized carbons (Fsp3) is 0. The first-order valence-electron chi connectivity index (χ1n) is 0.743. The monoisotopic (exact) mass is 178 g/mol. The third-order valence-corrected chi connectivity index (χ3v) is 0.530. The van der Waals surface area contributed by atoms with Gasteiger partial charge < -0.3 is 5.82 Å². The molecule has 0 fully saturated rings. The minimum Gasteiger partial charge on any atom is -0.411 e. The van der Waals surface area contributed by atoms with Crippen molar-refractivity contribution in [3.8, 4) is 0 Å². The Labute approximate surface area is 64.5 Å². The van der Waals surface area contributed by atoms with Gasteiger partial charge in [0.25, 0.3) is 0 Å². The second-order valence-corrected chi connectivity index (χ2v) is 0.739. The molecule has 0 heterocycles. The van der Waals surface area contributed by atoms with Crippen LogP contribution in [0, 0.1) is 5.82 Å². The summed E-state index contributed by atoms with van der Waals surface area (Å²) in [5.41, 5.74) is 0. The molecule has 0 radical (unpaired) electrons. The first-order chi connectivity index (χ1) is 1.91. The summed E-state index contributed by atoms with van der Waals surface area (Å²) in [5.74, 6) is 2.41. The predicted molar refractivity (Wildman–Crippen MR) is 25.6 cm³/mol. The Morgan fingerprint density at radius 1 is 1.80 bits per heavy atom. The van der Waals surface area contributed by atoms with Crippen LogP contribution in [0.2, 0.25) is 0 Å². The molecule has 0 aliphatic carbocycles. The molecule has 1 unspecified atom stereocenters. The molecule has 0 aliphatic rings. The van der Waals surface area contributed by atoms with Gasteiger partial charge in [-0.1, -0.05) is 12.2 Å². The molecular weight excluding hydrogens is 176 g/mol. The van der Waals surface area contributed by atoms with Crippen molar-refractivity contribution in [2.75, 3.05) is 0 Å². The third-order valence-electron chi connectivity index (χ3n) is 0.0589. The van der Waals surface area contributed by atoms with Gasteiger partial charge in [-0.3, -0.25) is 14.3 Å². The van der Waals surface area contributed by atoms with Crippen LogP contribution in [0.3, 0.4) is 0 Å². The van der Waals surface area contributed by atoms with Crippen LogP contribution >= 0.6 is 21.5 Å². The van der Waals surface area contributed by atoms with Crippen molar-refractivity contribution in [3.63, 3.8) is 0 Å². The van der Waals surface area contributed by atoms with Gasteiger partial charge in [-0.25, -0.2) is 0 Å². The third kappa shape index (κ3) is 10.8. The first-order valence-corrected chi connectivity index (χ1v) is 1.73. The maximum Gasteiger partial charge on any atom is 3.00 e. The molecule has 0 rings (SSSR count). The summed E-state index contributed by atoms with van der Waals surface area (Å²) in [7, 11) is 2.19. The Hall–Kier alpha value is 1.40. The van der Waals surface area contributed by atoms with E-state index in [1.54, 1.807) is 0 Å². The zero-order valence-corrected chi connectivity index (χ0v) is 7.37. The number of hydrogen-bond donors (Lipinski definition) is 0. The molecule has 0 aromatic heterocycles. The van der Waals surface area contributed by atoms with Gasteiger partial charge in [-0.15, -0.1) is 0 Å². The topological polar surface area (TPSA) is 0 Å². The van der Waals surface area contributed by atoms with Crippen LogP contribution in [0.1, 0.15) is 0 Å². The van der Waals surface area contributed by atoms with Crippen molar-refractivity contribution in [1.29, 1.82) is 0 Å². The van der Waals surface area contributed by atoms with Crippen LogP contribution in [0.4, 0.5) is 0 Å². The molecule has 0 aromatic carbocycles. The van der Waals surface area contributed by atoms with Crippen molar-refractivity contribution in [2.24, 2.45) is 0 Å². The summed E-state index contributed by atoms with van der Waals surface area (Å²) in [4.78, 5) is 0. The zero-order chi connectivity index (χ0) is 3.41. The zero-order valence-electron chi connectivity index (χ0n) is 2.56. The summed E-state index contributed by atoms with van der Waals surface area (Å²) in [6, 6.07) is 0. The molecule has 0 bridgehead atoms. The van der Waals surface area contributed by atoms with Gasteiger partial charge in [0.15, 0.2) is 0 Å². The molecule has 0 saturated heterocycles. The van der Waals surface area contributed by atoms with E-state index in [1.165, 1.54) is 0 Å². The minimum absolute atomic E-state index is 0. The van der Waals surface area contributed by atoms with E-state index in [0.29, 0.717) is 0 Å². The van der Waals surface area contributed by atoms with E-state index < -0.39 is 0 Å². The molecule has 0 aliphatic heterocycles. The van der Waals surface area contributed by atoms with E-state index >= 15 is 0 Å². The van der Waals surface area contributed by atoms with Crippen LogP contribution in [0.25, 0.3) is 0 Å². The molecule has 0 N–H and O–H groups in total. The Morgan fingerprint density at radius 3 is 2.00 bits per heavy atom. The van der Waals surface area contributed by atoms with Crippen LogP contribution in [0.5, 0.6) is 0 Å². The second kappa shape index (κ2) is 9.05. The van der Waals surface area contributed by atoms with Crippen molar-refractivity contribution in [3.05, 3.63) is 5.82 Å². The van der Waals surface area contributed by atoms with Gasteiger partial charge >= 0.3 is 32.7 Å². The van der Waals surface area contributed by atoms with E-state index in [-0.39, 0.29) is 32.7 Å². The number of rotatable bonds is 0. The molecule has 0 amide bonds. The molecule has 0 spiro atoms. The Morgan fingerprint density at radius 2 is 2.00 bits per heavy atom. The molecule has 0 saturated carbocycles. The Kier molecular flexibility index (Phi) is 17.4. The van der Waals surface area contributed by atoms with Crippen LogP contribution in [-0.4, -0.2) is 5.02 Å². The molecule has 0 nitrogen and oxygen atoms in total. The van der Waals surface area contributed by atoms with Gasteiger partial charge in [-0.2, -0.15) is 0 Å². The quantitative estimate of drug-likeness (QED) is 0.300. The van der Waals surface area contributed by atoms with Gasteiger partial charge in [0.1, 0.15) is 0 Å². The molecule has 22 valence electrons. The summed E-state index contributed by atoms with van der Waals surface area (Å²) in [6.45, 7) is 0. The predicted octanol–water partition coefficient (Wildman–Crippen LogP) is 0.774. The van der Waals surface area contributed by atoms with Crippen LogP contribution in [0.15, 0.2) is 0 Å². The average Bonchev–Trinajstić information content (AvgIpc) is 1.37. The van der Waals surface area contributed by atoms with E-state index in [0.717, 1.165) is 0 Å². The fourth-order valence-electron chi connectivity index (χ4n) is 0. The Balaban J connectivity index is 0. The second-order valence-electron chi connectivity index (χ2n) is 0.246. The summed E-state index contributed by atoms with van der Waals surface area (Å²) in [6.07, 6.45) is 0. The normalized spacial score (nSPS) is 3.40. The molecule has 5 heavy (non-hydrogen) atoms. The number of thiocarbonyl (C=S) groups is 1. The van der Waals surface area contributed by atoms with Crippen LogP contribution in [-0.2, 0) is 32.7 Å². The average molecular weight is 178 g/mol. The molecule has 3 heteroatoms. The van der Waals surface area contributed by atoms with Gasteiger partial charge in [0.2, 0.25) is 0 Å². The van der Waals surface area contributed by atoms with E-state index in [9.17, 15) is 0 Å². The molecular formula is C2H2PSY+2. The van der Waals surface area contributed by atoms with Crippen molar-refractivity contribution >= 4 is 26.5 Å². The van der Waals surface area contributed by atoms with Gasteiger partial charge in [0.05, 0.1) is 0 Å². The number of hydrogen-bond acceptors (Lipinski definition) is 1. The summed E-state index contributed by atoms with van der Waals surface area (Å²) >= 11 is 4.17. The van der Waals surface area contributed by atoms with E-state index in [1.807, 2.05) is 0 Å². The maximum atomic E-state index is 4.17. The maximum absolute atomic E-state index is 4.17. The largest absolute Gasteiger partial charge is 3.00 e. The van der Waals surface area contributed by atoms with Gasteiger partial charge in [-0.05, 0) is 0 Å². The molecule has 0 aromatic rings. The SMILES string of the molecule is P[C-]=C=S.[Y+3]. The standard InChI is InChI=1S/C2H2PS.Y/c3-1-2-4;/h3H2;/q-1;+3. The van der Waals surface area contributed by atoms with Crippen molar-refractivity contribution in [1.82, 2.24) is 0 Å². The first kappa shape index (κ1) is 9.64. The minimum atomic E-state index is 0. The van der Waals surface area contributed by atoms with E-state index in [2.05, 4.69) is 32.3 Å². The van der Waals surface area contributed by atoms with Crippen molar-refractivity contribution < 1.29 is 32.7 Å².